The van der Waals surface area contributed by atoms with E-state index in [4.69, 9.17) is 0 Å². The van der Waals surface area contributed by atoms with Crippen LogP contribution >= 0.6 is 15.9 Å². The molecule has 1 aromatic carbocycles. The van der Waals surface area contributed by atoms with Gasteiger partial charge in [0.15, 0.2) is 5.82 Å². The lowest BCUT2D eigenvalue weighted by molar-refractivity contribution is 1.06. The Hall–Kier alpha value is -1.42. The Bertz CT molecular complexity index is 609. The molecule has 2 aromatic rings. The van der Waals surface area contributed by atoms with E-state index in [1.807, 2.05) is 6.92 Å². The van der Waals surface area contributed by atoms with Crippen molar-refractivity contribution in [2.24, 2.45) is 0 Å². The van der Waals surface area contributed by atoms with Crippen LogP contribution in [0.2, 0.25) is 0 Å². The van der Waals surface area contributed by atoms with Gasteiger partial charge in [0, 0.05) is 12.1 Å². The van der Waals surface area contributed by atoms with E-state index in [1.54, 1.807) is 0 Å². The van der Waals surface area contributed by atoms with Gasteiger partial charge in [0.2, 0.25) is 0 Å². The molecule has 0 saturated heterocycles. The zero-order valence-electron chi connectivity index (χ0n) is 11.7. The van der Waals surface area contributed by atoms with Crippen molar-refractivity contribution in [1.29, 1.82) is 0 Å². The summed E-state index contributed by atoms with van der Waals surface area (Å²) in [5, 5.41) is 3.25. The summed E-state index contributed by atoms with van der Waals surface area (Å²) >= 11 is 3.53. The molecule has 0 spiro atoms. The third kappa shape index (κ3) is 2.95. The molecule has 1 N–H and O–H groups in total. The highest BCUT2D eigenvalue weighted by atomic mass is 79.9. The van der Waals surface area contributed by atoms with Crippen molar-refractivity contribution in [1.82, 2.24) is 9.97 Å². The highest BCUT2D eigenvalue weighted by molar-refractivity contribution is 9.10. The van der Waals surface area contributed by atoms with Crippen LogP contribution in [0.4, 0.5) is 5.82 Å². The van der Waals surface area contributed by atoms with Gasteiger partial charge >= 0.3 is 0 Å². The lowest BCUT2D eigenvalue weighted by atomic mass is 10.1. The van der Waals surface area contributed by atoms with Gasteiger partial charge in [-0.05, 0) is 60.8 Å². The number of hydrogen-bond acceptors (Lipinski definition) is 3. The average Bonchev–Trinajstić information content (AvgIpc) is 2.38. The molecule has 0 unspecified atom stereocenters. The third-order valence-corrected chi connectivity index (χ3v) is 4.08. The minimum absolute atomic E-state index is 0.764. The summed E-state index contributed by atoms with van der Waals surface area (Å²) in [7, 11) is 0. The molecule has 0 aliphatic rings. The average molecular weight is 320 g/mol. The summed E-state index contributed by atoms with van der Waals surface area (Å²) in [5.74, 6) is 1.61. The molecule has 4 heteroatoms. The normalized spacial score (nSPS) is 10.6. The minimum Gasteiger partial charge on any atom is -0.369 e. The fourth-order valence-electron chi connectivity index (χ4n) is 1.85. The van der Waals surface area contributed by atoms with Crippen LogP contribution in [0.15, 0.2) is 22.7 Å². The molecule has 19 heavy (non-hydrogen) atoms. The highest BCUT2D eigenvalue weighted by Gasteiger charge is 2.10. The number of benzene rings is 1. The second-order valence-electron chi connectivity index (χ2n) is 4.62. The van der Waals surface area contributed by atoms with Crippen LogP contribution in [0.1, 0.15) is 23.7 Å². The summed E-state index contributed by atoms with van der Waals surface area (Å²) in [6.45, 7) is 9.09. The molecule has 1 heterocycles. The quantitative estimate of drug-likeness (QED) is 0.918. The Morgan fingerprint density at radius 1 is 1.11 bits per heavy atom. The first kappa shape index (κ1) is 14.0. The van der Waals surface area contributed by atoms with Crippen LogP contribution in [0.5, 0.6) is 0 Å². The van der Waals surface area contributed by atoms with Crippen LogP contribution in [0, 0.1) is 20.8 Å². The van der Waals surface area contributed by atoms with Gasteiger partial charge in [0.25, 0.3) is 0 Å². The van der Waals surface area contributed by atoms with Gasteiger partial charge in [-0.1, -0.05) is 12.1 Å². The SMILES string of the molecule is CCNc1nc(-c2ccc(C)c(C)c2)nc(C)c1Br. The number of rotatable bonds is 3. The van der Waals surface area contributed by atoms with Gasteiger partial charge < -0.3 is 5.32 Å². The van der Waals surface area contributed by atoms with Crippen molar-refractivity contribution in [3.05, 3.63) is 39.5 Å². The van der Waals surface area contributed by atoms with Crippen LogP contribution in [-0.2, 0) is 0 Å². The molecule has 0 aliphatic carbocycles. The lowest BCUT2D eigenvalue weighted by Gasteiger charge is -2.11. The Morgan fingerprint density at radius 2 is 1.84 bits per heavy atom. The van der Waals surface area contributed by atoms with Crippen molar-refractivity contribution in [2.45, 2.75) is 27.7 Å². The fourth-order valence-corrected chi connectivity index (χ4v) is 2.17. The van der Waals surface area contributed by atoms with E-state index in [2.05, 4.69) is 70.2 Å². The number of halogens is 1. The molecule has 1 aromatic heterocycles. The van der Waals surface area contributed by atoms with Crippen molar-refractivity contribution < 1.29 is 0 Å². The van der Waals surface area contributed by atoms with E-state index in [0.717, 1.165) is 33.9 Å². The standard InChI is InChI=1S/C15H18BrN3/c1-5-17-15-13(16)11(4)18-14(19-15)12-7-6-9(2)10(3)8-12/h6-8H,5H2,1-4H3,(H,17,18,19). The monoisotopic (exact) mass is 319 g/mol. The summed E-state index contributed by atoms with van der Waals surface area (Å²) in [4.78, 5) is 9.15. The van der Waals surface area contributed by atoms with Gasteiger partial charge in [-0.3, -0.25) is 0 Å². The van der Waals surface area contributed by atoms with Crippen molar-refractivity contribution in [3.8, 4) is 11.4 Å². The third-order valence-electron chi connectivity index (χ3n) is 3.13. The predicted octanol–water partition coefficient (Wildman–Crippen LogP) is 4.26. The fraction of sp³-hybridized carbons (Fsp3) is 0.333. The van der Waals surface area contributed by atoms with Crippen LogP contribution in [0.25, 0.3) is 11.4 Å². The maximum absolute atomic E-state index is 4.59. The first-order chi connectivity index (χ1) is 9.02. The van der Waals surface area contributed by atoms with E-state index < -0.39 is 0 Å². The highest BCUT2D eigenvalue weighted by Crippen LogP contribution is 2.27. The Morgan fingerprint density at radius 3 is 2.47 bits per heavy atom. The van der Waals surface area contributed by atoms with E-state index in [-0.39, 0.29) is 0 Å². The van der Waals surface area contributed by atoms with Crippen LogP contribution in [-0.4, -0.2) is 16.5 Å². The van der Waals surface area contributed by atoms with E-state index in [0.29, 0.717) is 0 Å². The Balaban J connectivity index is 2.52. The van der Waals surface area contributed by atoms with Gasteiger partial charge in [0.1, 0.15) is 5.82 Å². The molecule has 0 aliphatic heterocycles. The molecule has 3 nitrogen and oxygen atoms in total. The van der Waals surface area contributed by atoms with Gasteiger partial charge in [-0.2, -0.15) is 0 Å². The number of aromatic nitrogens is 2. The van der Waals surface area contributed by atoms with Gasteiger partial charge in [0.05, 0.1) is 10.2 Å². The topological polar surface area (TPSA) is 37.8 Å². The summed E-state index contributed by atoms with van der Waals surface area (Å²) in [6, 6.07) is 6.31. The zero-order chi connectivity index (χ0) is 14.0. The Kier molecular flexibility index (Phi) is 4.20. The lowest BCUT2D eigenvalue weighted by Crippen LogP contribution is -2.04. The maximum atomic E-state index is 4.59. The van der Waals surface area contributed by atoms with Crippen molar-refractivity contribution in [2.75, 3.05) is 11.9 Å². The number of nitrogens with one attached hydrogen (secondary N) is 1. The van der Waals surface area contributed by atoms with Gasteiger partial charge in [-0.25, -0.2) is 9.97 Å². The molecule has 0 saturated carbocycles. The molecule has 2 rings (SSSR count). The number of aryl methyl sites for hydroxylation is 3. The first-order valence-corrected chi connectivity index (χ1v) is 7.18. The van der Waals surface area contributed by atoms with Gasteiger partial charge in [-0.15, -0.1) is 0 Å². The molecule has 0 atom stereocenters. The molecular formula is C15H18BrN3. The second kappa shape index (κ2) is 5.70. The van der Waals surface area contributed by atoms with Crippen LogP contribution < -0.4 is 5.32 Å². The van der Waals surface area contributed by atoms with E-state index >= 15 is 0 Å². The van der Waals surface area contributed by atoms with Crippen LogP contribution in [0.3, 0.4) is 0 Å². The number of nitrogens with zero attached hydrogens (tertiary/aromatic N) is 2. The second-order valence-corrected chi connectivity index (χ2v) is 5.42. The number of anilines is 1. The predicted molar refractivity (Wildman–Crippen MR) is 83.5 cm³/mol. The first-order valence-electron chi connectivity index (χ1n) is 6.38. The molecule has 0 amide bonds. The minimum atomic E-state index is 0.764. The van der Waals surface area contributed by atoms with Crippen molar-refractivity contribution in [3.63, 3.8) is 0 Å². The van der Waals surface area contributed by atoms with E-state index in [1.165, 1.54) is 11.1 Å². The summed E-state index contributed by atoms with van der Waals surface area (Å²) < 4.78 is 0.932. The smallest absolute Gasteiger partial charge is 0.161 e. The summed E-state index contributed by atoms with van der Waals surface area (Å²) in [6.07, 6.45) is 0. The molecule has 0 bridgehead atoms. The Labute approximate surface area is 122 Å². The largest absolute Gasteiger partial charge is 0.369 e. The maximum Gasteiger partial charge on any atom is 0.161 e. The van der Waals surface area contributed by atoms with Crippen molar-refractivity contribution >= 4 is 21.7 Å². The molecule has 0 fully saturated rings. The molecule has 0 radical (unpaired) electrons. The number of hydrogen-bond donors (Lipinski definition) is 1. The molecular weight excluding hydrogens is 302 g/mol. The van der Waals surface area contributed by atoms with E-state index in [9.17, 15) is 0 Å². The molecule has 100 valence electrons. The summed E-state index contributed by atoms with van der Waals surface area (Å²) in [5.41, 5.74) is 4.54. The zero-order valence-corrected chi connectivity index (χ0v) is 13.3.